The normalized spacial score (nSPS) is 12.1. The summed E-state index contributed by atoms with van der Waals surface area (Å²) in [7, 11) is 0. The zero-order valence-electron chi connectivity index (χ0n) is 13.0. The van der Waals surface area contributed by atoms with Crippen molar-refractivity contribution in [2.45, 2.75) is 6.10 Å². The Bertz CT molecular complexity index is 794. The molecule has 0 aliphatic heterocycles. The van der Waals surface area contributed by atoms with Gasteiger partial charge in [-0.3, -0.25) is 0 Å². The van der Waals surface area contributed by atoms with E-state index in [2.05, 4.69) is 16.4 Å². The van der Waals surface area contributed by atoms with Crippen LogP contribution in [0.1, 0.15) is 15.9 Å². The van der Waals surface area contributed by atoms with Crippen LogP contribution in [-0.4, -0.2) is 56.2 Å². The number of carbonyl (C=O) groups is 1. The van der Waals surface area contributed by atoms with E-state index in [0.717, 1.165) is 8.70 Å². The van der Waals surface area contributed by atoms with Gasteiger partial charge in [0.2, 0.25) is 0 Å². The van der Waals surface area contributed by atoms with E-state index in [0.29, 0.717) is 16.1 Å². The van der Waals surface area contributed by atoms with Crippen LogP contribution in [0.15, 0.2) is 36.7 Å². The van der Waals surface area contributed by atoms with E-state index in [1.54, 1.807) is 24.4 Å². The van der Waals surface area contributed by atoms with Crippen molar-refractivity contribution >= 4 is 42.0 Å². The van der Waals surface area contributed by atoms with Gasteiger partial charge in [0.05, 0.1) is 0 Å². The molecule has 8 heteroatoms. The monoisotopic (exact) mass is 421 g/mol. The van der Waals surface area contributed by atoms with Crippen molar-refractivity contribution in [3.63, 3.8) is 0 Å². The van der Waals surface area contributed by atoms with Crippen molar-refractivity contribution in [3.8, 4) is 12.3 Å². The quantitative estimate of drug-likeness (QED) is 0.315. The summed E-state index contributed by atoms with van der Waals surface area (Å²) in [5.41, 5.74) is 3.34. The molecule has 0 saturated carbocycles. The average Bonchev–Trinajstić information content (AvgIpc) is 2.63. The molecule has 3 N–H and O–H groups in total. The number of rotatable bonds is 7. The molecule has 1 aromatic carbocycles. The minimum absolute atomic E-state index is 0.213. The first-order chi connectivity index (χ1) is 12.0. The van der Waals surface area contributed by atoms with Gasteiger partial charge in [-0.15, -0.1) is 0 Å². The number of nitrogens with zero attached hydrogens (tertiary/aromatic N) is 1. The molecule has 2 rings (SSSR count). The molecule has 6 nitrogen and oxygen atoms in total. The number of terminal acetylenes is 1. The van der Waals surface area contributed by atoms with Crippen molar-refractivity contribution in [2.24, 2.45) is 0 Å². The number of aromatic nitrogens is 1. The van der Waals surface area contributed by atoms with Gasteiger partial charge >= 0.3 is 157 Å². The zero-order chi connectivity index (χ0) is 18.2. The van der Waals surface area contributed by atoms with Gasteiger partial charge in [-0.05, 0) is 0 Å². The van der Waals surface area contributed by atoms with Gasteiger partial charge in [0.15, 0.2) is 0 Å². The molecular weight excluding hydrogens is 407 g/mol. The second kappa shape index (κ2) is 9.57. The summed E-state index contributed by atoms with van der Waals surface area (Å²) in [5.74, 6) is 2.06. The molecule has 1 radical (unpaired) electrons. The number of benzene rings is 1. The zero-order valence-corrected chi connectivity index (χ0v) is 15.6. The first-order valence-corrected chi connectivity index (χ1v) is 9.43. The Morgan fingerprint density at radius 3 is 2.92 bits per heavy atom. The van der Waals surface area contributed by atoms with E-state index in [1.165, 1.54) is 6.20 Å². The third kappa shape index (κ3) is 5.57. The number of aliphatic hydroxyl groups excluding tert-OH is 2. The number of pyridine rings is 1. The number of halogens is 1. The number of aliphatic hydroxyl groups is 2. The van der Waals surface area contributed by atoms with E-state index in [4.69, 9.17) is 28.0 Å². The second-order valence-corrected chi connectivity index (χ2v) is 7.79. The Morgan fingerprint density at radius 1 is 1.44 bits per heavy atom. The number of amides is 1. The van der Waals surface area contributed by atoms with Gasteiger partial charge in [0.25, 0.3) is 0 Å². The number of hydrogen-bond donors (Lipinski definition) is 3. The van der Waals surface area contributed by atoms with Gasteiger partial charge in [-0.1, -0.05) is 0 Å². The Kier molecular flexibility index (Phi) is 7.45. The molecule has 25 heavy (non-hydrogen) atoms. The average molecular weight is 422 g/mol. The molecule has 2 aromatic rings. The molecular formula is C17H15AsClN2O4. The fourth-order valence-corrected chi connectivity index (χ4v) is 4.30. The van der Waals surface area contributed by atoms with Crippen molar-refractivity contribution in [2.75, 3.05) is 13.2 Å². The Balaban J connectivity index is 2.12. The van der Waals surface area contributed by atoms with E-state index < -0.39 is 34.4 Å². The summed E-state index contributed by atoms with van der Waals surface area (Å²) < 4.78 is 1.65. The molecule has 1 amide bonds. The van der Waals surface area contributed by atoms with Crippen LogP contribution < -0.4 is 14.2 Å². The van der Waals surface area contributed by atoms with Crippen LogP contribution in [0, 0.1) is 12.3 Å². The van der Waals surface area contributed by atoms with Gasteiger partial charge in [0, 0.05) is 0 Å². The minimum atomic E-state index is -1.06. The fraction of sp³-hybridized carbons (Fsp3) is 0.176. The fourth-order valence-electron chi connectivity index (χ4n) is 1.80. The number of hydroxylamine groups is 1. The standard InChI is InChI=1S/C17H15AsClN2O4/c1-2-11-3-4-14(16(19)7-11)18-15-8-20-6-5-13(15)17(24)21-25-10-12(23)9-22/h1,3-8,12,22-23H,9-10H2,(H,21,24). The van der Waals surface area contributed by atoms with Crippen molar-refractivity contribution in [3.05, 3.63) is 52.8 Å². The van der Waals surface area contributed by atoms with Gasteiger partial charge in [-0.25, -0.2) is 0 Å². The van der Waals surface area contributed by atoms with Crippen molar-refractivity contribution < 1.29 is 19.8 Å². The van der Waals surface area contributed by atoms with E-state index in [-0.39, 0.29) is 6.61 Å². The topological polar surface area (TPSA) is 91.7 Å². The molecule has 0 saturated heterocycles. The van der Waals surface area contributed by atoms with Crippen LogP contribution in [0.3, 0.4) is 0 Å². The summed E-state index contributed by atoms with van der Waals surface area (Å²) in [6.45, 7) is -0.664. The molecule has 0 bridgehead atoms. The summed E-state index contributed by atoms with van der Waals surface area (Å²) >= 11 is 5.66. The van der Waals surface area contributed by atoms with Crippen LogP contribution in [0.25, 0.3) is 0 Å². The first kappa shape index (κ1) is 19.5. The molecule has 1 unspecified atom stereocenters. The molecule has 0 spiro atoms. The van der Waals surface area contributed by atoms with Crippen LogP contribution in [0.2, 0.25) is 5.02 Å². The molecule has 1 atom stereocenters. The molecule has 1 aromatic heterocycles. The summed E-state index contributed by atoms with van der Waals surface area (Å²) in [4.78, 5) is 21.2. The Labute approximate surface area is 156 Å². The predicted octanol–water partition coefficient (Wildman–Crippen LogP) is -0.614. The van der Waals surface area contributed by atoms with E-state index in [1.807, 2.05) is 6.07 Å². The third-order valence-corrected chi connectivity index (χ3v) is 6.23. The molecule has 1 heterocycles. The second-order valence-electron chi connectivity index (χ2n) is 4.89. The Hall–Kier alpha value is -1.87. The van der Waals surface area contributed by atoms with Crippen molar-refractivity contribution in [1.29, 1.82) is 0 Å². The van der Waals surface area contributed by atoms with E-state index >= 15 is 0 Å². The molecule has 129 valence electrons. The summed E-state index contributed by atoms with van der Waals surface area (Å²) in [5, 5.41) is 18.5. The summed E-state index contributed by atoms with van der Waals surface area (Å²) in [6, 6.07) is 6.94. The molecule has 0 fully saturated rings. The van der Waals surface area contributed by atoms with Crippen LogP contribution in [0.5, 0.6) is 0 Å². The van der Waals surface area contributed by atoms with Gasteiger partial charge in [-0.2, -0.15) is 0 Å². The molecule has 0 aliphatic carbocycles. The SMILES string of the molecule is C#Cc1ccc([As]c2cnccc2C(=O)NOCC(O)CO)c(Cl)c1. The van der Waals surface area contributed by atoms with Crippen LogP contribution >= 0.6 is 11.6 Å². The molecule has 0 aliphatic rings. The van der Waals surface area contributed by atoms with E-state index in [9.17, 15) is 9.90 Å². The first-order valence-electron chi connectivity index (χ1n) is 7.18. The van der Waals surface area contributed by atoms with Crippen molar-refractivity contribution in [1.82, 2.24) is 10.5 Å². The maximum absolute atomic E-state index is 12.3. The predicted molar refractivity (Wildman–Crippen MR) is 95.2 cm³/mol. The number of hydrogen-bond acceptors (Lipinski definition) is 5. The maximum atomic E-state index is 12.3. The van der Waals surface area contributed by atoms with Crippen LogP contribution in [-0.2, 0) is 4.84 Å². The Morgan fingerprint density at radius 2 is 2.24 bits per heavy atom. The third-order valence-electron chi connectivity index (χ3n) is 3.05. The van der Waals surface area contributed by atoms with Crippen LogP contribution in [0.4, 0.5) is 0 Å². The number of nitrogens with one attached hydrogen (secondary N) is 1. The van der Waals surface area contributed by atoms with Gasteiger partial charge < -0.3 is 0 Å². The summed E-state index contributed by atoms with van der Waals surface area (Å²) in [6.07, 6.45) is 7.41. The van der Waals surface area contributed by atoms with Gasteiger partial charge in [0.1, 0.15) is 0 Å². The number of carbonyl (C=O) groups excluding carboxylic acids is 1.